The third-order valence-electron chi connectivity index (χ3n) is 6.98. The van der Waals surface area contributed by atoms with Crippen LogP contribution in [0.25, 0.3) is 16.0 Å². The average molecular weight is 452 g/mol. The van der Waals surface area contributed by atoms with Gasteiger partial charge in [0.2, 0.25) is 5.91 Å². The monoisotopic (exact) mass is 451 g/mol. The van der Waals surface area contributed by atoms with Crippen LogP contribution in [0.3, 0.4) is 0 Å². The minimum Gasteiger partial charge on any atom is -0.346 e. The summed E-state index contributed by atoms with van der Waals surface area (Å²) in [5.74, 6) is 1.12. The van der Waals surface area contributed by atoms with Gasteiger partial charge in [0.05, 0.1) is 16.1 Å². The minimum atomic E-state index is 0.342. The van der Waals surface area contributed by atoms with E-state index in [1.165, 1.54) is 31.2 Å². The van der Waals surface area contributed by atoms with Crippen molar-refractivity contribution in [3.8, 4) is 5.69 Å². The van der Waals surface area contributed by atoms with Crippen molar-refractivity contribution in [3.63, 3.8) is 0 Å². The fourth-order valence-corrected chi connectivity index (χ4v) is 6.18. The van der Waals surface area contributed by atoms with Gasteiger partial charge in [-0.05, 0) is 50.3 Å². The Morgan fingerprint density at radius 2 is 1.94 bits per heavy atom. The number of aromatic nitrogens is 3. The van der Waals surface area contributed by atoms with Crippen LogP contribution in [-0.2, 0) is 4.79 Å². The van der Waals surface area contributed by atoms with E-state index in [9.17, 15) is 4.79 Å². The molecule has 0 spiro atoms. The van der Waals surface area contributed by atoms with Crippen molar-refractivity contribution in [1.82, 2.24) is 19.7 Å². The highest BCUT2D eigenvalue weighted by Gasteiger charge is 2.24. The van der Waals surface area contributed by atoms with Crippen molar-refractivity contribution in [1.29, 1.82) is 0 Å². The maximum Gasteiger partial charge on any atom is 0.222 e. The lowest BCUT2D eigenvalue weighted by atomic mass is 10.0. The molecule has 0 unspecified atom stereocenters. The molecule has 2 fully saturated rings. The van der Waals surface area contributed by atoms with Gasteiger partial charge < -0.3 is 9.80 Å². The lowest BCUT2D eigenvalue weighted by Gasteiger charge is -2.22. The van der Waals surface area contributed by atoms with E-state index in [4.69, 9.17) is 10.1 Å². The van der Waals surface area contributed by atoms with E-state index >= 15 is 0 Å². The Hall–Kier alpha value is -2.41. The first kappa shape index (κ1) is 21.4. The summed E-state index contributed by atoms with van der Waals surface area (Å²) in [6.45, 7) is 7.61. The summed E-state index contributed by atoms with van der Waals surface area (Å²) in [7, 11) is 0. The molecule has 3 aromatic rings. The van der Waals surface area contributed by atoms with E-state index in [1.807, 2.05) is 4.68 Å². The summed E-state index contributed by atoms with van der Waals surface area (Å²) in [6, 6.07) is 8.39. The van der Waals surface area contributed by atoms with Gasteiger partial charge in [-0.1, -0.05) is 49.2 Å². The largest absolute Gasteiger partial charge is 0.346 e. The summed E-state index contributed by atoms with van der Waals surface area (Å²) < 4.78 is 3.11. The van der Waals surface area contributed by atoms with Crippen LogP contribution in [0.5, 0.6) is 0 Å². The molecule has 7 heteroatoms. The van der Waals surface area contributed by atoms with Gasteiger partial charge >= 0.3 is 0 Å². The van der Waals surface area contributed by atoms with Crippen LogP contribution in [-0.4, -0.2) is 51.8 Å². The van der Waals surface area contributed by atoms with Crippen molar-refractivity contribution >= 4 is 32.7 Å². The number of carbonyl (C=O) groups excluding carboxylic acids is 1. The van der Waals surface area contributed by atoms with Gasteiger partial charge in [0.1, 0.15) is 0 Å². The highest BCUT2D eigenvalue weighted by Crippen LogP contribution is 2.33. The molecule has 170 valence electrons. The van der Waals surface area contributed by atoms with E-state index in [0.717, 1.165) is 78.2 Å². The second-order valence-electron chi connectivity index (χ2n) is 9.40. The molecule has 1 amide bonds. The number of benzene rings is 1. The molecule has 0 bridgehead atoms. The van der Waals surface area contributed by atoms with Gasteiger partial charge in [0.15, 0.2) is 10.8 Å². The van der Waals surface area contributed by atoms with E-state index in [-0.39, 0.29) is 0 Å². The molecule has 1 aliphatic carbocycles. The van der Waals surface area contributed by atoms with Gasteiger partial charge in [0, 0.05) is 32.6 Å². The number of fused-ring (bicyclic) bond motifs is 1. The highest BCUT2D eigenvalue weighted by molar-refractivity contribution is 7.22. The van der Waals surface area contributed by atoms with E-state index in [0.29, 0.717) is 5.91 Å². The molecule has 2 aliphatic rings. The first-order valence-electron chi connectivity index (χ1n) is 12.0. The number of aryl methyl sites for hydroxylation is 2. The number of hydrogen-bond donors (Lipinski definition) is 0. The van der Waals surface area contributed by atoms with Gasteiger partial charge in [-0.25, -0.2) is 4.68 Å². The third-order valence-corrected chi connectivity index (χ3v) is 8.20. The number of anilines is 1. The molecule has 1 saturated carbocycles. The van der Waals surface area contributed by atoms with Crippen molar-refractivity contribution in [2.45, 2.75) is 58.8 Å². The Balaban J connectivity index is 1.28. The van der Waals surface area contributed by atoms with Crippen LogP contribution in [0.1, 0.15) is 56.2 Å². The Kier molecular flexibility index (Phi) is 6.17. The zero-order valence-electron chi connectivity index (χ0n) is 19.2. The molecule has 0 radical (unpaired) electrons. The molecule has 1 aliphatic heterocycles. The van der Waals surface area contributed by atoms with Crippen LogP contribution < -0.4 is 4.90 Å². The molecule has 1 saturated heterocycles. The lowest BCUT2D eigenvalue weighted by molar-refractivity contribution is -0.131. The Bertz CT molecular complexity index is 1100. The van der Waals surface area contributed by atoms with E-state index < -0.39 is 0 Å². The van der Waals surface area contributed by atoms with E-state index in [2.05, 4.69) is 47.9 Å². The summed E-state index contributed by atoms with van der Waals surface area (Å²) in [6.07, 6.45) is 8.12. The van der Waals surface area contributed by atoms with Gasteiger partial charge in [0.25, 0.3) is 0 Å². The molecule has 3 heterocycles. The first-order valence-corrected chi connectivity index (χ1v) is 12.9. The number of rotatable bonds is 5. The standard InChI is InChI=1S/C25H33N5OS/c1-18-7-5-10-21(17-18)30-24-23(19(2)27-30)32-25(26-24)29-14-6-13-28(15-16-29)22(31)12-11-20-8-3-4-9-20/h5,7,10,17,20H,3-4,6,8-9,11-16H2,1-2H3. The zero-order valence-corrected chi connectivity index (χ0v) is 20.0. The topological polar surface area (TPSA) is 54.3 Å². The molecule has 1 aromatic carbocycles. The van der Waals surface area contributed by atoms with Gasteiger partial charge in [-0.15, -0.1) is 0 Å². The molecule has 32 heavy (non-hydrogen) atoms. The number of amides is 1. The second kappa shape index (κ2) is 9.22. The quantitative estimate of drug-likeness (QED) is 0.541. The smallest absolute Gasteiger partial charge is 0.222 e. The van der Waals surface area contributed by atoms with Crippen molar-refractivity contribution in [3.05, 3.63) is 35.5 Å². The summed E-state index contributed by atoms with van der Waals surface area (Å²) >= 11 is 1.72. The number of carbonyl (C=O) groups is 1. The number of hydrogen-bond acceptors (Lipinski definition) is 5. The fraction of sp³-hybridized carbons (Fsp3) is 0.560. The fourth-order valence-electron chi connectivity index (χ4n) is 5.14. The minimum absolute atomic E-state index is 0.342. The predicted octanol–water partition coefficient (Wildman–Crippen LogP) is 5.11. The van der Waals surface area contributed by atoms with Crippen LogP contribution >= 0.6 is 11.3 Å². The normalized spacial score (nSPS) is 17.9. The molecule has 5 rings (SSSR count). The average Bonchev–Trinajstić information content (AvgIpc) is 3.47. The Morgan fingerprint density at radius 3 is 2.75 bits per heavy atom. The van der Waals surface area contributed by atoms with Crippen molar-refractivity contribution in [2.24, 2.45) is 5.92 Å². The number of nitrogens with zero attached hydrogens (tertiary/aromatic N) is 5. The van der Waals surface area contributed by atoms with E-state index in [1.54, 1.807) is 11.3 Å². The summed E-state index contributed by atoms with van der Waals surface area (Å²) in [4.78, 5) is 22.3. The predicted molar refractivity (Wildman–Crippen MR) is 131 cm³/mol. The molecule has 0 N–H and O–H groups in total. The molecule has 0 atom stereocenters. The van der Waals surface area contributed by atoms with Gasteiger partial charge in [-0.3, -0.25) is 4.79 Å². The SMILES string of the molecule is Cc1cccc(-n2nc(C)c3sc(N4CCCN(C(=O)CCC5CCCC5)CC4)nc32)c1. The van der Waals surface area contributed by atoms with Crippen molar-refractivity contribution in [2.75, 3.05) is 31.1 Å². The highest BCUT2D eigenvalue weighted by atomic mass is 32.1. The molecular formula is C25H33N5OS. The molecule has 6 nitrogen and oxygen atoms in total. The molecule has 2 aromatic heterocycles. The zero-order chi connectivity index (χ0) is 22.1. The third kappa shape index (κ3) is 4.40. The number of thiazole rings is 1. The summed E-state index contributed by atoms with van der Waals surface area (Å²) in [5.41, 5.74) is 4.21. The van der Waals surface area contributed by atoms with Crippen LogP contribution in [0, 0.1) is 19.8 Å². The first-order chi connectivity index (χ1) is 15.6. The Morgan fingerprint density at radius 1 is 1.09 bits per heavy atom. The van der Waals surface area contributed by atoms with Crippen LogP contribution in [0.4, 0.5) is 5.13 Å². The Labute approximate surface area is 194 Å². The van der Waals surface area contributed by atoms with Crippen molar-refractivity contribution < 1.29 is 4.79 Å². The molecular weight excluding hydrogens is 418 g/mol. The van der Waals surface area contributed by atoms with Crippen LogP contribution in [0.15, 0.2) is 24.3 Å². The lowest BCUT2D eigenvalue weighted by Crippen LogP contribution is -2.35. The maximum absolute atomic E-state index is 12.8. The maximum atomic E-state index is 12.8. The van der Waals surface area contributed by atoms with Crippen LogP contribution in [0.2, 0.25) is 0 Å². The second-order valence-corrected chi connectivity index (χ2v) is 10.4. The van der Waals surface area contributed by atoms with Gasteiger partial charge in [-0.2, -0.15) is 10.1 Å². The summed E-state index contributed by atoms with van der Waals surface area (Å²) in [5, 5.41) is 5.79.